The van der Waals surface area contributed by atoms with Crippen LogP contribution >= 0.6 is 0 Å². The van der Waals surface area contributed by atoms with Crippen molar-refractivity contribution >= 4 is 29.9 Å². The first-order valence-electron chi connectivity index (χ1n) is 9.87. The van der Waals surface area contributed by atoms with E-state index in [1.807, 2.05) is 0 Å². The largest absolute Gasteiger partial charge is 0.480 e. The predicted octanol–water partition coefficient (Wildman–Crippen LogP) is -0.170. The summed E-state index contributed by atoms with van der Waals surface area (Å²) in [6.45, 7) is 2.33. The molecule has 12 nitrogen and oxygen atoms in total. The summed E-state index contributed by atoms with van der Waals surface area (Å²) in [5.41, 5.74) is 0.683. The first-order valence-corrected chi connectivity index (χ1v) is 9.87. The minimum Gasteiger partial charge on any atom is -0.480 e. The number of rotatable bonds is 11. The van der Waals surface area contributed by atoms with E-state index in [9.17, 15) is 34.2 Å². The second kappa shape index (κ2) is 13.0. The summed E-state index contributed by atoms with van der Waals surface area (Å²) in [6, 6.07) is 5.34. The lowest BCUT2D eigenvalue weighted by atomic mass is 9.87. The molecule has 0 saturated carbocycles. The van der Waals surface area contributed by atoms with Gasteiger partial charge in [0.15, 0.2) is 5.92 Å². The van der Waals surface area contributed by atoms with Gasteiger partial charge in [-0.3, -0.25) is 14.4 Å². The van der Waals surface area contributed by atoms with Crippen LogP contribution in [0, 0.1) is 11.8 Å². The zero-order valence-electron chi connectivity index (χ0n) is 18.6. The number of amides is 2. The number of nitrogens with one attached hydrogen (secondary N) is 2. The van der Waals surface area contributed by atoms with Crippen molar-refractivity contribution in [3.63, 3.8) is 0 Å². The molecule has 1 aromatic rings. The third-order valence-corrected chi connectivity index (χ3v) is 4.78. The number of hydrogen-bond donors (Lipinski definition) is 4. The van der Waals surface area contributed by atoms with E-state index >= 15 is 0 Å². The van der Waals surface area contributed by atoms with E-state index in [0.29, 0.717) is 5.56 Å². The minimum atomic E-state index is -1.76. The highest BCUT2D eigenvalue weighted by Crippen LogP contribution is 2.20. The Morgan fingerprint density at radius 1 is 0.909 bits per heavy atom. The number of benzene rings is 1. The van der Waals surface area contributed by atoms with Crippen LogP contribution in [0.1, 0.15) is 19.4 Å². The van der Waals surface area contributed by atoms with Crippen molar-refractivity contribution < 1.29 is 48.4 Å². The summed E-state index contributed by atoms with van der Waals surface area (Å²) in [5.74, 6) is -7.69. The molecule has 4 atom stereocenters. The molecule has 33 heavy (non-hydrogen) atoms. The highest BCUT2D eigenvalue weighted by molar-refractivity contribution is 5.96. The fourth-order valence-corrected chi connectivity index (χ4v) is 2.93. The number of esters is 2. The van der Waals surface area contributed by atoms with Crippen LogP contribution in [0.5, 0.6) is 0 Å². The summed E-state index contributed by atoms with van der Waals surface area (Å²) < 4.78 is 14.1. The molecule has 12 heteroatoms. The third-order valence-electron chi connectivity index (χ3n) is 4.78. The van der Waals surface area contributed by atoms with Gasteiger partial charge in [-0.1, -0.05) is 37.3 Å². The summed E-state index contributed by atoms with van der Waals surface area (Å²) in [7, 11) is 2.02. The van der Waals surface area contributed by atoms with Crippen LogP contribution in [0.4, 0.5) is 4.79 Å². The topological polar surface area (TPSA) is 178 Å². The Bertz CT molecular complexity index is 827. The van der Waals surface area contributed by atoms with Gasteiger partial charge < -0.3 is 35.1 Å². The van der Waals surface area contributed by atoms with Crippen LogP contribution in [-0.2, 0) is 40.0 Å². The SMILES string of the molecule is COC(=O)C(C(=O)OC)[C@H](C)[C@@H](NC(=O)[C@@H](NC(=O)OCc1ccccc1)[C@@H](C)O)C(=O)O. The molecule has 2 amide bonds. The zero-order chi connectivity index (χ0) is 25.1. The zero-order valence-corrected chi connectivity index (χ0v) is 18.6. The number of aliphatic hydroxyl groups is 1. The number of hydrogen-bond acceptors (Lipinski definition) is 9. The molecule has 0 aliphatic heterocycles. The summed E-state index contributed by atoms with van der Waals surface area (Å²) in [4.78, 5) is 60.6. The number of ether oxygens (including phenoxy) is 3. The Hall–Kier alpha value is -3.67. The third kappa shape index (κ3) is 8.07. The van der Waals surface area contributed by atoms with E-state index in [-0.39, 0.29) is 6.61 Å². The van der Waals surface area contributed by atoms with Crippen molar-refractivity contribution in [2.75, 3.05) is 14.2 Å². The van der Waals surface area contributed by atoms with Crippen molar-refractivity contribution in [2.45, 2.75) is 38.6 Å². The van der Waals surface area contributed by atoms with Crippen molar-refractivity contribution in [2.24, 2.45) is 11.8 Å². The van der Waals surface area contributed by atoms with E-state index in [1.54, 1.807) is 30.3 Å². The van der Waals surface area contributed by atoms with Gasteiger partial charge in [0.1, 0.15) is 18.7 Å². The van der Waals surface area contributed by atoms with E-state index in [0.717, 1.165) is 14.2 Å². The molecule has 0 aliphatic rings. The molecule has 0 spiro atoms. The van der Waals surface area contributed by atoms with Crippen LogP contribution in [0.25, 0.3) is 0 Å². The maximum Gasteiger partial charge on any atom is 0.408 e. The Morgan fingerprint density at radius 2 is 1.45 bits per heavy atom. The maximum atomic E-state index is 12.7. The van der Waals surface area contributed by atoms with Gasteiger partial charge in [0, 0.05) is 5.92 Å². The number of carboxylic acids is 1. The molecule has 0 radical (unpaired) electrons. The standard InChI is InChI=1S/C21H28N2O10/c1-11(14(19(28)31-3)20(29)32-4)15(18(26)27)22-17(25)16(12(2)24)23-21(30)33-10-13-8-6-5-7-9-13/h5-9,11-12,14-16,24H,10H2,1-4H3,(H,22,25)(H,23,30)(H,26,27)/t11-,12+,15+,16-/m0/s1. The molecule has 0 bridgehead atoms. The van der Waals surface area contributed by atoms with E-state index in [2.05, 4.69) is 20.1 Å². The molecule has 0 aromatic heterocycles. The average molecular weight is 468 g/mol. The van der Waals surface area contributed by atoms with Gasteiger partial charge in [0.2, 0.25) is 5.91 Å². The van der Waals surface area contributed by atoms with Crippen LogP contribution in [0.15, 0.2) is 30.3 Å². The Labute approximate surface area is 190 Å². The quantitative estimate of drug-likeness (QED) is 0.194. The predicted molar refractivity (Wildman–Crippen MR) is 111 cm³/mol. The lowest BCUT2D eigenvalue weighted by Crippen LogP contribution is -2.58. The monoisotopic (exact) mass is 468 g/mol. The number of methoxy groups -OCH3 is 2. The number of alkyl carbamates (subject to hydrolysis) is 1. The summed E-state index contributed by atoms with van der Waals surface area (Å²) >= 11 is 0. The van der Waals surface area contributed by atoms with Gasteiger partial charge in [0.25, 0.3) is 0 Å². The molecule has 1 rings (SSSR count). The maximum absolute atomic E-state index is 12.7. The number of aliphatic hydroxyl groups excluding tert-OH is 1. The van der Waals surface area contributed by atoms with Gasteiger partial charge in [0.05, 0.1) is 20.3 Å². The van der Waals surface area contributed by atoms with Crippen molar-refractivity contribution in [1.82, 2.24) is 10.6 Å². The fraction of sp³-hybridized carbons (Fsp3) is 0.476. The van der Waals surface area contributed by atoms with Crippen LogP contribution in [-0.4, -0.2) is 72.5 Å². The number of aliphatic carboxylic acids is 1. The smallest absolute Gasteiger partial charge is 0.408 e. The van der Waals surface area contributed by atoms with Crippen molar-refractivity contribution in [1.29, 1.82) is 0 Å². The second-order valence-corrected chi connectivity index (χ2v) is 7.13. The van der Waals surface area contributed by atoms with Crippen LogP contribution < -0.4 is 10.6 Å². The molecule has 0 heterocycles. The summed E-state index contributed by atoms with van der Waals surface area (Å²) in [6.07, 6.45) is -2.46. The molecule has 4 N–H and O–H groups in total. The molecule has 0 aliphatic carbocycles. The molecule has 182 valence electrons. The molecule has 1 aromatic carbocycles. The van der Waals surface area contributed by atoms with Gasteiger partial charge in [-0.15, -0.1) is 0 Å². The number of carbonyl (C=O) groups is 5. The van der Waals surface area contributed by atoms with E-state index in [1.165, 1.54) is 13.8 Å². The molecule has 0 fully saturated rings. The van der Waals surface area contributed by atoms with Crippen molar-refractivity contribution in [3.05, 3.63) is 35.9 Å². The minimum absolute atomic E-state index is 0.102. The van der Waals surface area contributed by atoms with Crippen molar-refractivity contribution in [3.8, 4) is 0 Å². The Balaban J connectivity index is 2.93. The number of carboxylic acid groups (broad SMARTS) is 1. The van der Waals surface area contributed by atoms with E-state index in [4.69, 9.17) is 4.74 Å². The van der Waals surface area contributed by atoms with Gasteiger partial charge >= 0.3 is 24.0 Å². The Morgan fingerprint density at radius 3 is 1.91 bits per heavy atom. The average Bonchev–Trinajstić information content (AvgIpc) is 2.79. The normalized spacial score (nSPS) is 14.2. The highest BCUT2D eigenvalue weighted by atomic mass is 16.6. The lowest BCUT2D eigenvalue weighted by molar-refractivity contribution is -0.163. The fourth-order valence-electron chi connectivity index (χ4n) is 2.93. The molecule has 0 unspecified atom stereocenters. The van der Waals surface area contributed by atoms with Crippen LogP contribution in [0.3, 0.4) is 0 Å². The molecular formula is C21H28N2O10. The molecule has 0 saturated heterocycles. The molecular weight excluding hydrogens is 440 g/mol. The number of carbonyl (C=O) groups excluding carboxylic acids is 4. The lowest BCUT2D eigenvalue weighted by Gasteiger charge is -2.28. The highest BCUT2D eigenvalue weighted by Gasteiger charge is 2.43. The first kappa shape index (κ1) is 27.4. The van der Waals surface area contributed by atoms with Crippen LogP contribution in [0.2, 0.25) is 0 Å². The second-order valence-electron chi connectivity index (χ2n) is 7.13. The first-order chi connectivity index (χ1) is 15.5. The van der Waals surface area contributed by atoms with Gasteiger partial charge in [-0.2, -0.15) is 0 Å². The van der Waals surface area contributed by atoms with E-state index < -0.39 is 59.9 Å². The van der Waals surface area contributed by atoms with Gasteiger partial charge in [-0.05, 0) is 12.5 Å². The summed E-state index contributed by atoms with van der Waals surface area (Å²) in [5, 5.41) is 23.8. The van der Waals surface area contributed by atoms with Gasteiger partial charge in [-0.25, -0.2) is 9.59 Å². The Kier molecular flexibility index (Phi) is 10.8.